The van der Waals surface area contributed by atoms with Gasteiger partial charge in [-0.25, -0.2) is 4.98 Å². The first-order chi connectivity index (χ1) is 11.6. The van der Waals surface area contributed by atoms with Crippen LogP contribution in [0.15, 0.2) is 53.8 Å². The fourth-order valence-electron chi connectivity index (χ4n) is 2.35. The van der Waals surface area contributed by atoms with Gasteiger partial charge in [0.1, 0.15) is 12.4 Å². The van der Waals surface area contributed by atoms with Gasteiger partial charge in [0, 0.05) is 11.6 Å². The van der Waals surface area contributed by atoms with Crippen LogP contribution in [0.4, 0.5) is 0 Å². The smallest absolute Gasteiger partial charge is 0.259 e. The van der Waals surface area contributed by atoms with E-state index in [2.05, 4.69) is 16.5 Å². The Kier molecular flexibility index (Phi) is 4.53. The fraction of sp³-hybridized carbons (Fsp3) is 0.111. The number of para-hydroxylation sites is 1. The maximum Gasteiger partial charge on any atom is 0.259 e. The Morgan fingerprint density at radius 3 is 2.83 bits per heavy atom. The van der Waals surface area contributed by atoms with Crippen molar-refractivity contribution in [2.45, 2.75) is 0 Å². The third-order valence-electron chi connectivity index (χ3n) is 3.48. The Hall–Kier alpha value is -2.79. The van der Waals surface area contributed by atoms with Gasteiger partial charge in [0.2, 0.25) is 0 Å². The zero-order valence-corrected chi connectivity index (χ0v) is 13.8. The molecule has 3 aromatic rings. The third kappa shape index (κ3) is 2.98. The Morgan fingerprint density at radius 1 is 1.29 bits per heavy atom. The molecule has 3 rings (SSSR count). The highest BCUT2D eigenvalue weighted by Crippen LogP contribution is 2.37. The van der Waals surface area contributed by atoms with Crippen LogP contribution in [0, 0.1) is 0 Å². The Morgan fingerprint density at radius 2 is 2.08 bits per heavy atom. The molecule has 0 bridgehead atoms. The molecule has 0 saturated heterocycles. The van der Waals surface area contributed by atoms with Crippen LogP contribution in [-0.4, -0.2) is 23.7 Å². The van der Waals surface area contributed by atoms with Gasteiger partial charge >= 0.3 is 0 Å². The van der Waals surface area contributed by atoms with Crippen LogP contribution < -0.4 is 15.0 Å². The molecule has 24 heavy (non-hydrogen) atoms. The number of rotatable bonds is 5. The van der Waals surface area contributed by atoms with Crippen LogP contribution in [-0.2, 0) is 0 Å². The summed E-state index contributed by atoms with van der Waals surface area (Å²) in [5.41, 5.74) is 0.929. The number of fused-ring (bicyclic) bond motifs is 1. The van der Waals surface area contributed by atoms with Gasteiger partial charge in [-0.05, 0) is 18.2 Å². The zero-order chi connectivity index (χ0) is 17.1. The lowest BCUT2D eigenvalue weighted by atomic mass is 10.1. The summed E-state index contributed by atoms with van der Waals surface area (Å²) >= 11 is 6.35. The topological polar surface area (TPSA) is 64.2 Å². The van der Waals surface area contributed by atoms with Gasteiger partial charge in [0.15, 0.2) is 11.5 Å². The summed E-state index contributed by atoms with van der Waals surface area (Å²) in [4.78, 5) is 19.5. The minimum atomic E-state index is -0.224. The molecule has 5 nitrogen and oxygen atoms in total. The van der Waals surface area contributed by atoms with Crippen LogP contribution in [0.3, 0.4) is 0 Å². The minimum absolute atomic E-state index is 0.224. The normalized spacial score (nSPS) is 10.6. The SMILES string of the molecule is C=CCOc1cc(Cl)c(-c2nc3ccccc3c(=O)[nH]2)cc1OC. The van der Waals surface area contributed by atoms with E-state index < -0.39 is 0 Å². The number of ether oxygens (including phenoxy) is 2. The third-order valence-corrected chi connectivity index (χ3v) is 3.79. The van der Waals surface area contributed by atoms with E-state index in [1.54, 1.807) is 36.4 Å². The molecule has 0 fully saturated rings. The van der Waals surface area contributed by atoms with E-state index in [0.29, 0.717) is 45.4 Å². The molecule has 0 atom stereocenters. The molecule has 0 saturated carbocycles. The van der Waals surface area contributed by atoms with Crippen LogP contribution in [0.1, 0.15) is 0 Å². The molecule has 1 heterocycles. The molecule has 0 aliphatic heterocycles. The van der Waals surface area contributed by atoms with Crippen molar-refractivity contribution in [3.63, 3.8) is 0 Å². The summed E-state index contributed by atoms with van der Waals surface area (Å²) in [6, 6.07) is 10.4. The van der Waals surface area contributed by atoms with Gasteiger partial charge in [-0.2, -0.15) is 0 Å². The number of aromatic amines is 1. The summed E-state index contributed by atoms with van der Waals surface area (Å²) in [5.74, 6) is 1.36. The number of aromatic nitrogens is 2. The first-order valence-corrected chi connectivity index (χ1v) is 7.62. The number of hydrogen-bond donors (Lipinski definition) is 1. The molecule has 2 aromatic carbocycles. The van der Waals surface area contributed by atoms with Crippen molar-refractivity contribution in [3.05, 3.63) is 64.4 Å². The molecule has 1 N–H and O–H groups in total. The van der Waals surface area contributed by atoms with Gasteiger partial charge in [0.05, 0.1) is 23.0 Å². The van der Waals surface area contributed by atoms with Crippen LogP contribution >= 0.6 is 11.6 Å². The van der Waals surface area contributed by atoms with Crippen molar-refractivity contribution in [2.75, 3.05) is 13.7 Å². The van der Waals surface area contributed by atoms with Crippen LogP contribution in [0.2, 0.25) is 5.02 Å². The van der Waals surface area contributed by atoms with Crippen molar-refractivity contribution < 1.29 is 9.47 Å². The van der Waals surface area contributed by atoms with Crippen molar-refractivity contribution >= 4 is 22.5 Å². The molecular formula is C18H15ClN2O3. The van der Waals surface area contributed by atoms with E-state index in [1.807, 2.05) is 6.07 Å². The Labute approximate surface area is 143 Å². The molecule has 0 amide bonds. The predicted molar refractivity (Wildman–Crippen MR) is 95.1 cm³/mol. The van der Waals surface area contributed by atoms with Gasteiger partial charge in [-0.15, -0.1) is 0 Å². The van der Waals surface area contributed by atoms with Crippen molar-refractivity contribution in [1.29, 1.82) is 0 Å². The highest BCUT2D eigenvalue weighted by atomic mass is 35.5. The summed E-state index contributed by atoms with van der Waals surface area (Å²) in [5, 5.41) is 0.920. The van der Waals surface area contributed by atoms with Gasteiger partial charge in [-0.3, -0.25) is 4.79 Å². The van der Waals surface area contributed by atoms with Crippen molar-refractivity contribution in [3.8, 4) is 22.9 Å². The molecular weight excluding hydrogens is 328 g/mol. The second kappa shape index (κ2) is 6.76. The lowest BCUT2D eigenvalue weighted by molar-refractivity contribution is 0.326. The molecule has 6 heteroatoms. The lowest BCUT2D eigenvalue weighted by Crippen LogP contribution is -2.09. The van der Waals surface area contributed by atoms with Crippen molar-refractivity contribution in [2.24, 2.45) is 0 Å². The second-order valence-electron chi connectivity index (χ2n) is 5.01. The number of methoxy groups -OCH3 is 1. The summed E-state index contributed by atoms with van der Waals surface area (Å²) in [6.07, 6.45) is 1.63. The molecule has 0 radical (unpaired) electrons. The van der Waals surface area contributed by atoms with E-state index in [9.17, 15) is 4.79 Å². The highest BCUT2D eigenvalue weighted by molar-refractivity contribution is 6.33. The van der Waals surface area contributed by atoms with E-state index in [-0.39, 0.29) is 5.56 Å². The first kappa shape index (κ1) is 16.1. The monoisotopic (exact) mass is 342 g/mol. The first-order valence-electron chi connectivity index (χ1n) is 7.24. The van der Waals surface area contributed by atoms with E-state index in [1.165, 1.54) is 7.11 Å². The summed E-state index contributed by atoms with van der Waals surface area (Å²) < 4.78 is 10.9. The van der Waals surface area contributed by atoms with Gasteiger partial charge in [0.25, 0.3) is 5.56 Å². The zero-order valence-electron chi connectivity index (χ0n) is 13.0. The molecule has 0 aliphatic rings. The molecule has 0 unspecified atom stereocenters. The van der Waals surface area contributed by atoms with Crippen molar-refractivity contribution in [1.82, 2.24) is 9.97 Å². The number of benzene rings is 2. The van der Waals surface area contributed by atoms with Crippen LogP contribution in [0.5, 0.6) is 11.5 Å². The maximum atomic E-state index is 12.2. The van der Waals surface area contributed by atoms with Gasteiger partial charge in [-0.1, -0.05) is 36.4 Å². The largest absolute Gasteiger partial charge is 0.493 e. The average Bonchev–Trinajstić information content (AvgIpc) is 2.60. The predicted octanol–water partition coefficient (Wildman–Crippen LogP) is 3.82. The molecule has 0 aliphatic carbocycles. The standard InChI is InChI=1S/C18H15ClN2O3/c1-3-8-24-16-10-13(19)12(9-15(16)23-2)17-20-14-7-5-4-6-11(14)18(22)21-17/h3-7,9-10H,1,8H2,2H3,(H,20,21,22). The Bertz CT molecular complexity index is 966. The molecule has 122 valence electrons. The number of halogens is 1. The number of hydrogen-bond acceptors (Lipinski definition) is 4. The number of nitrogens with one attached hydrogen (secondary N) is 1. The average molecular weight is 343 g/mol. The van der Waals surface area contributed by atoms with E-state index >= 15 is 0 Å². The summed E-state index contributed by atoms with van der Waals surface area (Å²) in [6.45, 7) is 3.94. The van der Waals surface area contributed by atoms with Crippen LogP contribution in [0.25, 0.3) is 22.3 Å². The quantitative estimate of drug-likeness (QED) is 0.716. The van der Waals surface area contributed by atoms with Gasteiger partial charge < -0.3 is 14.5 Å². The molecule has 0 spiro atoms. The minimum Gasteiger partial charge on any atom is -0.493 e. The lowest BCUT2D eigenvalue weighted by Gasteiger charge is -2.13. The highest BCUT2D eigenvalue weighted by Gasteiger charge is 2.14. The second-order valence-corrected chi connectivity index (χ2v) is 5.42. The number of nitrogens with zero attached hydrogens (tertiary/aromatic N) is 1. The summed E-state index contributed by atoms with van der Waals surface area (Å²) in [7, 11) is 1.53. The maximum absolute atomic E-state index is 12.2. The fourth-order valence-corrected chi connectivity index (χ4v) is 2.59. The van der Waals surface area contributed by atoms with E-state index in [4.69, 9.17) is 21.1 Å². The number of H-pyrrole nitrogens is 1. The van der Waals surface area contributed by atoms with E-state index in [0.717, 1.165) is 0 Å². The molecule has 1 aromatic heterocycles. The Balaban J connectivity index is 2.15.